The third-order valence-electron chi connectivity index (χ3n) is 2.98. The van der Waals surface area contributed by atoms with E-state index >= 15 is 0 Å². The zero-order valence-corrected chi connectivity index (χ0v) is 11.4. The zero-order chi connectivity index (χ0) is 14.0. The Hall–Kier alpha value is -1.44. The number of hydrogen-bond acceptors (Lipinski definition) is 4. The van der Waals surface area contributed by atoms with E-state index in [2.05, 4.69) is 10.0 Å². The molecule has 4 N–H and O–H groups in total. The summed E-state index contributed by atoms with van der Waals surface area (Å²) < 4.78 is 26.7. The maximum Gasteiger partial charge on any atom is 0.240 e. The maximum atomic E-state index is 12.0. The fourth-order valence-corrected chi connectivity index (χ4v) is 3.23. The molecule has 1 saturated carbocycles. The Bertz CT molecular complexity index is 562. The number of benzene rings is 1. The molecule has 0 aromatic heterocycles. The normalized spacial score (nSPS) is 22.6. The van der Waals surface area contributed by atoms with Gasteiger partial charge in [-0.25, -0.2) is 13.1 Å². The van der Waals surface area contributed by atoms with Gasteiger partial charge in [-0.3, -0.25) is 4.79 Å². The first-order valence-electron chi connectivity index (χ1n) is 6.02. The smallest absolute Gasteiger partial charge is 0.240 e. The monoisotopic (exact) mass is 283 g/mol. The molecule has 7 heteroatoms. The van der Waals surface area contributed by atoms with Crippen LogP contribution in [0.5, 0.6) is 0 Å². The average Bonchev–Trinajstić information content (AvgIpc) is 2.26. The molecule has 0 bridgehead atoms. The van der Waals surface area contributed by atoms with Crippen molar-refractivity contribution >= 4 is 21.6 Å². The summed E-state index contributed by atoms with van der Waals surface area (Å²) in [5.41, 5.74) is 6.18. The van der Waals surface area contributed by atoms with E-state index < -0.39 is 10.0 Å². The van der Waals surface area contributed by atoms with Gasteiger partial charge in [0, 0.05) is 24.7 Å². The van der Waals surface area contributed by atoms with Gasteiger partial charge < -0.3 is 11.1 Å². The lowest BCUT2D eigenvalue weighted by molar-refractivity contribution is -0.114. The van der Waals surface area contributed by atoms with Crippen molar-refractivity contribution in [3.63, 3.8) is 0 Å². The molecule has 0 heterocycles. The van der Waals surface area contributed by atoms with Gasteiger partial charge in [0.25, 0.3) is 0 Å². The van der Waals surface area contributed by atoms with E-state index in [9.17, 15) is 13.2 Å². The van der Waals surface area contributed by atoms with Crippen LogP contribution in [0.25, 0.3) is 0 Å². The number of rotatable bonds is 4. The van der Waals surface area contributed by atoms with Crippen molar-refractivity contribution in [2.24, 2.45) is 5.73 Å². The standard InChI is InChI=1S/C12H17N3O3S/c1-8(16)14-10-2-4-12(5-3-10)19(17,18)15-11-6-9(13)7-11/h2-5,9,11,15H,6-7,13H2,1H3,(H,14,16). The summed E-state index contributed by atoms with van der Waals surface area (Å²) in [6.45, 7) is 1.39. The molecule has 0 saturated heterocycles. The molecule has 0 atom stereocenters. The van der Waals surface area contributed by atoms with Crippen molar-refractivity contribution in [1.82, 2.24) is 4.72 Å². The molecule has 104 valence electrons. The van der Waals surface area contributed by atoms with E-state index in [1.807, 2.05) is 0 Å². The van der Waals surface area contributed by atoms with E-state index in [0.717, 1.165) is 0 Å². The molecular formula is C12H17N3O3S. The number of nitrogens with two attached hydrogens (primary N) is 1. The van der Waals surface area contributed by atoms with Crippen molar-refractivity contribution in [1.29, 1.82) is 0 Å². The van der Waals surface area contributed by atoms with Gasteiger partial charge in [0.2, 0.25) is 15.9 Å². The summed E-state index contributed by atoms with van der Waals surface area (Å²) in [4.78, 5) is 11.0. The van der Waals surface area contributed by atoms with Crippen LogP contribution in [-0.2, 0) is 14.8 Å². The highest BCUT2D eigenvalue weighted by Crippen LogP contribution is 2.21. The average molecular weight is 283 g/mol. The number of carbonyl (C=O) groups excluding carboxylic acids is 1. The van der Waals surface area contributed by atoms with Gasteiger partial charge in [-0.1, -0.05) is 0 Å². The molecule has 1 fully saturated rings. The van der Waals surface area contributed by atoms with E-state index in [4.69, 9.17) is 5.73 Å². The molecule has 1 aromatic rings. The minimum absolute atomic E-state index is 0.0741. The first-order chi connectivity index (χ1) is 8.87. The van der Waals surface area contributed by atoms with Crippen LogP contribution in [0.4, 0.5) is 5.69 Å². The summed E-state index contributed by atoms with van der Waals surface area (Å²) in [6.07, 6.45) is 1.34. The number of hydrogen-bond donors (Lipinski definition) is 3. The summed E-state index contributed by atoms with van der Waals surface area (Å²) in [5.74, 6) is -0.197. The van der Waals surface area contributed by atoms with Gasteiger partial charge in [0.05, 0.1) is 4.90 Å². The summed E-state index contributed by atoms with van der Waals surface area (Å²) in [7, 11) is -3.51. The van der Waals surface area contributed by atoms with Crippen LogP contribution >= 0.6 is 0 Å². The fraction of sp³-hybridized carbons (Fsp3) is 0.417. The van der Waals surface area contributed by atoms with Gasteiger partial charge in [-0.15, -0.1) is 0 Å². The topological polar surface area (TPSA) is 101 Å². The Labute approximate surface area is 112 Å². The molecule has 19 heavy (non-hydrogen) atoms. The third kappa shape index (κ3) is 3.52. The molecule has 0 spiro atoms. The fourth-order valence-electron chi connectivity index (χ4n) is 1.97. The zero-order valence-electron chi connectivity index (χ0n) is 10.6. The maximum absolute atomic E-state index is 12.0. The lowest BCUT2D eigenvalue weighted by Crippen LogP contribution is -2.50. The number of nitrogens with one attached hydrogen (secondary N) is 2. The van der Waals surface area contributed by atoms with Gasteiger partial charge in [-0.05, 0) is 37.1 Å². The molecule has 2 rings (SSSR count). The lowest BCUT2D eigenvalue weighted by atomic mass is 9.89. The number of carbonyl (C=O) groups is 1. The molecule has 1 aromatic carbocycles. The third-order valence-corrected chi connectivity index (χ3v) is 4.52. The van der Waals surface area contributed by atoms with Crippen molar-refractivity contribution in [3.05, 3.63) is 24.3 Å². The first-order valence-corrected chi connectivity index (χ1v) is 7.51. The highest BCUT2D eigenvalue weighted by Gasteiger charge is 2.30. The molecule has 1 aliphatic rings. The van der Waals surface area contributed by atoms with E-state index in [1.165, 1.54) is 19.1 Å². The molecular weight excluding hydrogens is 266 g/mol. The van der Waals surface area contributed by atoms with Crippen LogP contribution in [0.2, 0.25) is 0 Å². The quantitative estimate of drug-likeness (QED) is 0.745. The van der Waals surface area contributed by atoms with Crippen LogP contribution in [0, 0.1) is 0 Å². The Morgan fingerprint density at radius 1 is 1.26 bits per heavy atom. The van der Waals surface area contributed by atoms with Crippen molar-refractivity contribution in [2.75, 3.05) is 5.32 Å². The molecule has 0 radical (unpaired) electrons. The minimum Gasteiger partial charge on any atom is -0.328 e. The SMILES string of the molecule is CC(=O)Nc1ccc(S(=O)(=O)NC2CC(N)C2)cc1. The van der Waals surface area contributed by atoms with E-state index in [-0.39, 0.29) is 22.9 Å². The number of anilines is 1. The second kappa shape index (κ2) is 5.28. The molecule has 1 amide bonds. The number of sulfonamides is 1. The van der Waals surface area contributed by atoms with Crippen LogP contribution < -0.4 is 15.8 Å². The van der Waals surface area contributed by atoms with Crippen molar-refractivity contribution in [2.45, 2.75) is 36.7 Å². The Kier molecular flexibility index (Phi) is 3.88. The lowest BCUT2D eigenvalue weighted by Gasteiger charge is -2.32. The number of amides is 1. The minimum atomic E-state index is -3.51. The van der Waals surface area contributed by atoms with Gasteiger partial charge in [-0.2, -0.15) is 0 Å². The highest BCUT2D eigenvalue weighted by molar-refractivity contribution is 7.89. The van der Waals surface area contributed by atoms with Gasteiger partial charge in [0.15, 0.2) is 0 Å². The Balaban J connectivity index is 2.06. The second-order valence-electron chi connectivity index (χ2n) is 4.76. The Morgan fingerprint density at radius 2 is 1.84 bits per heavy atom. The first kappa shape index (κ1) is 14.0. The summed E-state index contributed by atoms with van der Waals surface area (Å²) in [5, 5.41) is 2.58. The largest absolute Gasteiger partial charge is 0.328 e. The van der Waals surface area contributed by atoms with Crippen molar-refractivity contribution in [3.8, 4) is 0 Å². The van der Waals surface area contributed by atoms with E-state index in [1.54, 1.807) is 12.1 Å². The summed E-state index contributed by atoms with van der Waals surface area (Å²) in [6, 6.07) is 6.06. The molecule has 6 nitrogen and oxygen atoms in total. The highest BCUT2D eigenvalue weighted by atomic mass is 32.2. The second-order valence-corrected chi connectivity index (χ2v) is 6.47. The van der Waals surface area contributed by atoms with E-state index in [0.29, 0.717) is 18.5 Å². The molecule has 0 aliphatic heterocycles. The predicted octanol–water partition coefficient (Wildman–Crippen LogP) is 0.413. The molecule has 1 aliphatic carbocycles. The van der Waals surface area contributed by atoms with Crippen LogP contribution in [0.15, 0.2) is 29.2 Å². The van der Waals surface area contributed by atoms with Crippen LogP contribution in [0.3, 0.4) is 0 Å². The Morgan fingerprint density at radius 3 is 2.32 bits per heavy atom. The molecule has 0 unspecified atom stereocenters. The van der Waals surface area contributed by atoms with Crippen LogP contribution in [0.1, 0.15) is 19.8 Å². The predicted molar refractivity (Wildman–Crippen MR) is 72.1 cm³/mol. The van der Waals surface area contributed by atoms with Gasteiger partial charge >= 0.3 is 0 Å². The van der Waals surface area contributed by atoms with Crippen LogP contribution in [-0.4, -0.2) is 26.4 Å². The van der Waals surface area contributed by atoms with Crippen molar-refractivity contribution < 1.29 is 13.2 Å². The van der Waals surface area contributed by atoms with Gasteiger partial charge in [0.1, 0.15) is 0 Å². The summed E-state index contributed by atoms with van der Waals surface area (Å²) >= 11 is 0.